The number of rotatable bonds is 7. The van der Waals surface area contributed by atoms with Gasteiger partial charge in [0.2, 0.25) is 11.9 Å². The summed E-state index contributed by atoms with van der Waals surface area (Å²) in [5, 5.41) is 18.4. The summed E-state index contributed by atoms with van der Waals surface area (Å²) >= 11 is 6.40. The number of halogens is 3. The number of imidazole rings is 1. The van der Waals surface area contributed by atoms with Crippen molar-refractivity contribution in [2.75, 3.05) is 43.9 Å². The van der Waals surface area contributed by atoms with E-state index in [1.807, 2.05) is 0 Å². The van der Waals surface area contributed by atoms with Gasteiger partial charge in [0.25, 0.3) is 11.8 Å². The van der Waals surface area contributed by atoms with Crippen molar-refractivity contribution in [3.63, 3.8) is 0 Å². The van der Waals surface area contributed by atoms with Crippen LogP contribution in [0.1, 0.15) is 40.2 Å². The van der Waals surface area contributed by atoms with Crippen LogP contribution in [0, 0.1) is 11.8 Å². The minimum Gasteiger partial charge on any atom is -0.392 e. The molecule has 0 unspecified atom stereocenters. The van der Waals surface area contributed by atoms with Crippen LogP contribution in [-0.2, 0) is 11.8 Å². The van der Waals surface area contributed by atoms with Crippen molar-refractivity contribution in [2.24, 2.45) is 7.05 Å². The Labute approximate surface area is 257 Å². The molecule has 2 aliphatic rings. The first kappa shape index (κ1) is 31.3. The summed E-state index contributed by atoms with van der Waals surface area (Å²) in [6.45, 7) is 1.39. The third-order valence-electron chi connectivity index (χ3n) is 7.82. The molecule has 4 N–H and O–H groups in total. The average Bonchev–Trinajstić information content (AvgIpc) is 3.59. The lowest BCUT2D eigenvalue weighted by Crippen LogP contribution is -2.50. The monoisotopic (exact) mass is 630 g/mol. The predicted molar refractivity (Wildman–Crippen MR) is 160 cm³/mol. The molecular formula is C29H33ClF2N8O4. The van der Waals surface area contributed by atoms with Gasteiger partial charge in [0.1, 0.15) is 0 Å². The van der Waals surface area contributed by atoms with Gasteiger partial charge in [-0.15, -0.1) is 0 Å². The minimum atomic E-state index is -0.910. The lowest BCUT2D eigenvalue weighted by molar-refractivity contribution is -0.134. The summed E-state index contributed by atoms with van der Waals surface area (Å²) in [5.41, 5.74) is 0.521. The fourth-order valence-corrected chi connectivity index (χ4v) is 5.68. The molecule has 1 aromatic carbocycles. The molecule has 2 fully saturated rings. The summed E-state index contributed by atoms with van der Waals surface area (Å²) in [5.74, 6) is -2.91. The molecule has 0 bridgehead atoms. The average molecular weight is 631 g/mol. The first-order valence-electron chi connectivity index (χ1n) is 14.1. The lowest BCUT2D eigenvalue weighted by Gasteiger charge is -2.34. The molecule has 2 atom stereocenters. The first-order valence-corrected chi connectivity index (χ1v) is 14.5. The molecular weight excluding hydrogens is 598 g/mol. The Hall–Kier alpha value is -4.14. The maximum Gasteiger partial charge on any atom is 0.291 e. The minimum absolute atomic E-state index is 0.0366. The van der Waals surface area contributed by atoms with E-state index in [1.165, 1.54) is 40.9 Å². The van der Waals surface area contributed by atoms with Crippen LogP contribution < -0.4 is 20.9 Å². The summed E-state index contributed by atoms with van der Waals surface area (Å²) < 4.78 is 30.5. The summed E-state index contributed by atoms with van der Waals surface area (Å²) in [6, 6.07) is 4.92. The number of amides is 3. The Balaban J connectivity index is 1.19. The van der Waals surface area contributed by atoms with E-state index in [-0.39, 0.29) is 57.4 Å². The Bertz CT molecular complexity index is 1590. The second kappa shape index (κ2) is 12.8. The van der Waals surface area contributed by atoms with Crippen LogP contribution >= 0.6 is 11.6 Å². The van der Waals surface area contributed by atoms with Gasteiger partial charge in [-0.25, -0.2) is 9.37 Å². The zero-order chi connectivity index (χ0) is 31.7. The highest BCUT2D eigenvalue weighted by Gasteiger charge is 2.33. The maximum absolute atomic E-state index is 14.7. The van der Waals surface area contributed by atoms with Crippen LogP contribution in [-0.4, -0.2) is 94.2 Å². The maximum atomic E-state index is 14.7. The zero-order valence-electron chi connectivity index (χ0n) is 24.4. The van der Waals surface area contributed by atoms with Gasteiger partial charge in [-0.1, -0.05) is 11.6 Å². The number of pyridine rings is 1. The molecule has 2 aliphatic heterocycles. The number of nitrogens with zero attached hydrogens (tertiary/aromatic N) is 5. The van der Waals surface area contributed by atoms with Crippen molar-refractivity contribution >= 4 is 40.8 Å². The topological polar surface area (TPSA) is 145 Å². The number of aromatic nitrogens is 3. The van der Waals surface area contributed by atoms with Gasteiger partial charge in [0.05, 0.1) is 40.2 Å². The Morgan fingerprint density at radius 2 is 1.86 bits per heavy atom. The molecule has 0 spiro atoms. The smallest absolute Gasteiger partial charge is 0.291 e. The molecule has 3 aromatic rings. The van der Waals surface area contributed by atoms with Crippen molar-refractivity contribution in [1.29, 1.82) is 0 Å². The summed E-state index contributed by atoms with van der Waals surface area (Å²) in [7, 11) is 4.58. The Morgan fingerprint density at radius 3 is 2.50 bits per heavy atom. The van der Waals surface area contributed by atoms with E-state index in [1.54, 1.807) is 19.0 Å². The molecule has 44 heavy (non-hydrogen) atoms. The number of nitrogens with one attached hydrogen (secondary N) is 3. The van der Waals surface area contributed by atoms with E-state index in [2.05, 4.69) is 25.9 Å². The van der Waals surface area contributed by atoms with Crippen molar-refractivity contribution in [3.8, 4) is 11.3 Å². The van der Waals surface area contributed by atoms with Gasteiger partial charge in [0.15, 0.2) is 17.5 Å². The molecule has 0 radical (unpaired) electrons. The fraction of sp³-hybridized carbons (Fsp3) is 0.414. The van der Waals surface area contributed by atoms with Gasteiger partial charge in [-0.3, -0.25) is 14.4 Å². The second-order valence-corrected chi connectivity index (χ2v) is 11.5. The molecule has 15 heteroatoms. The highest BCUT2D eigenvalue weighted by Crippen LogP contribution is 2.28. The highest BCUT2D eigenvalue weighted by molar-refractivity contribution is 6.34. The van der Waals surface area contributed by atoms with Crippen molar-refractivity contribution < 1.29 is 28.3 Å². The van der Waals surface area contributed by atoms with Crippen LogP contribution in [0.2, 0.25) is 5.02 Å². The number of piperidine rings is 1. The largest absolute Gasteiger partial charge is 0.392 e. The second-order valence-electron chi connectivity index (χ2n) is 11.1. The molecule has 0 saturated carbocycles. The van der Waals surface area contributed by atoms with E-state index >= 15 is 0 Å². The first-order chi connectivity index (χ1) is 20.9. The zero-order valence-corrected chi connectivity index (χ0v) is 25.2. The molecule has 2 aromatic heterocycles. The van der Waals surface area contributed by atoms with Crippen LogP contribution in [0.5, 0.6) is 0 Å². The van der Waals surface area contributed by atoms with Crippen LogP contribution in [0.25, 0.3) is 11.3 Å². The number of benzene rings is 1. The summed E-state index contributed by atoms with van der Waals surface area (Å²) in [6.07, 6.45) is 2.30. The molecule has 0 aliphatic carbocycles. The van der Waals surface area contributed by atoms with Gasteiger partial charge < -0.3 is 35.4 Å². The van der Waals surface area contributed by atoms with Crippen molar-refractivity contribution in [2.45, 2.75) is 37.5 Å². The number of carbonyl (C=O) groups excluding carboxylic acids is 3. The Morgan fingerprint density at radius 1 is 1.14 bits per heavy atom. The van der Waals surface area contributed by atoms with Crippen LogP contribution in [0.3, 0.4) is 0 Å². The number of hydrogen-bond acceptors (Lipinski definition) is 8. The van der Waals surface area contributed by atoms with Crippen molar-refractivity contribution in [3.05, 3.63) is 58.6 Å². The SMILES string of the molecule is CN(C)c1nc(F)c(-c2cnc(C(=O)Nc3ccc(C(=O)NC4CCN(C(=O)[C@@H]5C[C@@H](O)CN5)CC4)c(Cl)c3)n2C)cc1F. The number of β-amino-alcohol motifs (C(OH)–C–C–N with tert-alkyl or cyclic N) is 1. The molecule has 5 rings (SSSR count). The van der Waals surface area contributed by atoms with E-state index in [4.69, 9.17) is 11.6 Å². The molecule has 234 valence electrons. The van der Waals surface area contributed by atoms with E-state index in [0.717, 1.165) is 6.07 Å². The highest BCUT2D eigenvalue weighted by atomic mass is 35.5. The van der Waals surface area contributed by atoms with Crippen LogP contribution in [0.15, 0.2) is 30.5 Å². The van der Waals surface area contributed by atoms with Gasteiger partial charge in [-0.2, -0.15) is 9.37 Å². The summed E-state index contributed by atoms with van der Waals surface area (Å²) in [4.78, 5) is 49.5. The van der Waals surface area contributed by atoms with Crippen molar-refractivity contribution in [1.82, 2.24) is 30.1 Å². The van der Waals surface area contributed by atoms with Crippen LogP contribution in [0.4, 0.5) is 20.3 Å². The molecule has 4 heterocycles. The quantitative estimate of drug-likeness (QED) is 0.291. The third kappa shape index (κ3) is 6.51. The predicted octanol–water partition coefficient (Wildman–Crippen LogP) is 2.18. The normalized spacial score (nSPS) is 18.8. The molecule has 12 nitrogen and oxygen atoms in total. The number of anilines is 2. The molecule has 3 amide bonds. The fourth-order valence-electron chi connectivity index (χ4n) is 5.42. The van der Waals surface area contributed by atoms with Gasteiger partial charge >= 0.3 is 0 Å². The van der Waals surface area contributed by atoms with Gasteiger partial charge in [-0.05, 0) is 43.5 Å². The molecule has 2 saturated heterocycles. The Kier molecular flexibility index (Phi) is 9.13. The number of likely N-dealkylation sites (tertiary alicyclic amines) is 1. The lowest BCUT2D eigenvalue weighted by atomic mass is 10.0. The van der Waals surface area contributed by atoms with E-state index in [0.29, 0.717) is 44.6 Å². The standard InChI is InChI=1S/C29H33ClF2N8O4/c1-38(2)25-21(31)12-19(24(32)37-25)23-14-34-26(39(23)3)28(43)36-16-4-5-18(20(30)10-16)27(42)35-15-6-8-40(9-7-15)29(44)22-11-17(41)13-33-22/h4-5,10,12,14-15,17,22,33,41H,6-9,11,13H2,1-3H3,(H,35,42)(H,36,43)/t17-,22+/m1/s1. The number of carbonyl (C=O) groups is 3. The third-order valence-corrected chi connectivity index (χ3v) is 8.13. The number of hydrogen-bond donors (Lipinski definition) is 4. The number of aliphatic hydroxyl groups is 1. The van der Waals surface area contributed by atoms with E-state index in [9.17, 15) is 28.3 Å². The number of aliphatic hydroxyl groups excluding tert-OH is 1. The van der Waals surface area contributed by atoms with E-state index < -0.39 is 23.8 Å². The van der Waals surface area contributed by atoms with Gasteiger partial charge in [0, 0.05) is 52.5 Å².